The zero-order chi connectivity index (χ0) is 16.3. The summed E-state index contributed by atoms with van der Waals surface area (Å²) in [6.07, 6.45) is -4.96. The van der Waals surface area contributed by atoms with Crippen LogP contribution in [0, 0.1) is 12.3 Å². The van der Waals surface area contributed by atoms with Crippen LogP contribution in [-0.2, 0) is 12.4 Å². The van der Waals surface area contributed by atoms with Crippen LogP contribution < -0.4 is 5.32 Å². The molecule has 0 aliphatic carbocycles. The lowest BCUT2D eigenvalue weighted by atomic mass is 10.0. The Morgan fingerprint density at radius 2 is 1.52 bits per heavy atom. The third-order valence-electron chi connectivity index (χ3n) is 2.40. The third-order valence-corrected chi connectivity index (χ3v) is 2.40. The first-order chi connectivity index (χ1) is 9.55. The summed E-state index contributed by atoms with van der Waals surface area (Å²) in [7, 11) is 0. The van der Waals surface area contributed by atoms with Gasteiger partial charge >= 0.3 is 12.4 Å². The fraction of sp³-hybridized carbons (Fsp3) is 0.308. The van der Waals surface area contributed by atoms with Crippen LogP contribution in [0.3, 0.4) is 0 Å². The van der Waals surface area contributed by atoms with Gasteiger partial charge in [0.25, 0.3) is 5.91 Å². The third kappa shape index (κ3) is 4.70. The summed E-state index contributed by atoms with van der Waals surface area (Å²) in [6.45, 7) is -0.0487. The Hall–Kier alpha value is -2.17. The normalized spacial score (nSPS) is 11.9. The summed E-state index contributed by atoms with van der Waals surface area (Å²) in [6, 6.07) is 0.680. The maximum absolute atomic E-state index is 12.6. The molecule has 0 heterocycles. The van der Waals surface area contributed by atoms with E-state index in [1.54, 1.807) is 0 Å². The first-order valence-electron chi connectivity index (χ1n) is 5.57. The highest BCUT2D eigenvalue weighted by molar-refractivity contribution is 5.94. The molecule has 0 radical (unpaired) electrons. The van der Waals surface area contributed by atoms with Gasteiger partial charge in [0.2, 0.25) is 0 Å². The fourth-order valence-corrected chi connectivity index (χ4v) is 1.44. The molecule has 1 rings (SSSR count). The van der Waals surface area contributed by atoms with Gasteiger partial charge in [-0.15, -0.1) is 12.3 Å². The number of carbonyl (C=O) groups is 1. The molecule has 0 spiro atoms. The fourth-order valence-electron chi connectivity index (χ4n) is 1.44. The van der Waals surface area contributed by atoms with Crippen LogP contribution in [-0.4, -0.2) is 12.5 Å². The van der Waals surface area contributed by atoms with E-state index < -0.39 is 35.0 Å². The van der Waals surface area contributed by atoms with Crippen molar-refractivity contribution in [1.82, 2.24) is 5.32 Å². The molecule has 0 saturated heterocycles. The minimum Gasteiger partial charge on any atom is -0.351 e. The topological polar surface area (TPSA) is 29.1 Å². The lowest BCUT2D eigenvalue weighted by Crippen LogP contribution is -2.25. The average Bonchev–Trinajstić information content (AvgIpc) is 2.36. The summed E-state index contributed by atoms with van der Waals surface area (Å²) in [5.74, 6) is 1.12. The molecule has 2 nitrogen and oxygen atoms in total. The highest BCUT2D eigenvalue weighted by Gasteiger charge is 2.37. The molecule has 0 bridgehead atoms. The van der Waals surface area contributed by atoms with Crippen molar-refractivity contribution in [3.05, 3.63) is 34.9 Å². The minimum atomic E-state index is -4.99. The van der Waals surface area contributed by atoms with Gasteiger partial charge in [0.15, 0.2) is 0 Å². The van der Waals surface area contributed by atoms with Crippen LogP contribution in [0.15, 0.2) is 18.2 Å². The quantitative estimate of drug-likeness (QED) is 0.517. The Labute approximate surface area is 116 Å². The summed E-state index contributed by atoms with van der Waals surface area (Å²) in [5, 5.41) is 2.14. The van der Waals surface area contributed by atoms with Crippen LogP contribution in [0.25, 0.3) is 0 Å². The number of hydrogen-bond acceptors (Lipinski definition) is 1. The smallest absolute Gasteiger partial charge is 0.351 e. The zero-order valence-corrected chi connectivity index (χ0v) is 10.4. The summed E-state index contributed by atoms with van der Waals surface area (Å²) >= 11 is 0. The van der Waals surface area contributed by atoms with Gasteiger partial charge in [-0.3, -0.25) is 4.79 Å². The second-order valence-electron chi connectivity index (χ2n) is 4.00. The van der Waals surface area contributed by atoms with Crippen LogP contribution in [0.4, 0.5) is 26.3 Å². The molecule has 0 fully saturated rings. The van der Waals surface area contributed by atoms with Crippen LogP contribution in [0.5, 0.6) is 0 Å². The van der Waals surface area contributed by atoms with Gasteiger partial charge in [0.1, 0.15) is 0 Å². The average molecular weight is 309 g/mol. The van der Waals surface area contributed by atoms with E-state index in [-0.39, 0.29) is 19.0 Å². The molecule has 0 atom stereocenters. The highest BCUT2D eigenvalue weighted by Crippen LogP contribution is 2.36. The molecule has 1 N–H and O–H groups in total. The summed E-state index contributed by atoms with van der Waals surface area (Å²) in [4.78, 5) is 11.6. The van der Waals surface area contributed by atoms with E-state index in [0.29, 0.717) is 12.1 Å². The van der Waals surface area contributed by atoms with Gasteiger partial charge in [0.05, 0.1) is 11.1 Å². The number of hydrogen-bond donors (Lipinski definition) is 1. The number of alkyl halides is 6. The predicted molar refractivity (Wildman–Crippen MR) is 62.2 cm³/mol. The largest absolute Gasteiger partial charge is 0.416 e. The Balaban J connectivity index is 3.20. The Morgan fingerprint density at radius 3 is 1.90 bits per heavy atom. The molecule has 114 valence electrons. The second kappa shape index (κ2) is 6.08. The van der Waals surface area contributed by atoms with Crippen molar-refractivity contribution in [3.8, 4) is 12.3 Å². The van der Waals surface area contributed by atoms with Gasteiger partial charge in [-0.1, -0.05) is 0 Å². The molecule has 1 aromatic rings. The number of rotatable bonds is 3. The lowest BCUT2D eigenvalue weighted by molar-refractivity contribution is -0.143. The Bertz CT molecular complexity index is 535. The van der Waals surface area contributed by atoms with Crippen LogP contribution >= 0.6 is 0 Å². The van der Waals surface area contributed by atoms with Crippen molar-refractivity contribution in [2.75, 3.05) is 6.54 Å². The number of benzene rings is 1. The second-order valence-corrected chi connectivity index (χ2v) is 4.00. The summed E-state index contributed by atoms with van der Waals surface area (Å²) < 4.78 is 75.5. The molecule has 1 amide bonds. The molecular formula is C13H9F6NO. The molecule has 8 heteroatoms. The van der Waals surface area contributed by atoms with E-state index >= 15 is 0 Å². The molecule has 0 aliphatic rings. The van der Waals surface area contributed by atoms with Crippen LogP contribution in [0.2, 0.25) is 0 Å². The maximum atomic E-state index is 12.6. The highest BCUT2D eigenvalue weighted by atomic mass is 19.4. The van der Waals surface area contributed by atoms with Gasteiger partial charge in [-0.25, -0.2) is 0 Å². The Kier molecular flexibility index (Phi) is 4.88. The van der Waals surface area contributed by atoms with Crippen molar-refractivity contribution >= 4 is 5.91 Å². The van der Waals surface area contributed by atoms with Gasteiger partial charge in [-0.2, -0.15) is 26.3 Å². The van der Waals surface area contributed by atoms with E-state index in [2.05, 4.69) is 11.2 Å². The van der Waals surface area contributed by atoms with Crippen molar-refractivity contribution < 1.29 is 31.1 Å². The number of halogens is 6. The van der Waals surface area contributed by atoms with Crippen molar-refractivity contribution in [2.45, 2.75) is 18.8 Å². The van der Waals surface area contributed by atoms with E-state index in [4.69, 9.17) is 6.42 Å². The molecule has 1 aromatic carbocycles. The standard InChI is InChI=1S/C13H9F6NO/c1-2-3-4-20-11(21)8-5-9(12(14,15)16)7-10(6-8)13(17,18)19/h1,5-7H,3-4H2,(H,20,21). The van der Waals surface area contributed by atoms with Crippen molar-refractivity contribution in [2.24, 2.45) is 0 Å². The maximum Gasteiger partial charge on any atom is 0.416 e. The van der Waals surface area contributed by atoms with E-state index in [1.807, 2.05) is 0 Å². The van der Waals surface area contributed by atoms with Crippen molar-refractivity contribution in [1.29, 1.82) is 0 Å². The minimum absolute atomic E-state index is 0.0434. The van der Waals surface area contributed by atoms with Gasteiger partial charge in [-0.05, 0) is 18.2 Å². The molecule has 0 aromatic heterocycles. The number of carbonyl (C=O) groups excluding carboxylic acids is 1. The number of terminal acetylenes is 1. The SMILES string of the molecule is C#CCCNC(=O)c1cc(C(F)(F)F)cc(C(F)(F)F)c1. The Morgan fingerprint density at radius 1 is 1.05 bits per heavy atom. The molecule has 0 aliphatic heterocycles. The predicted octanol–water partition coefficient (Wildman–Crippen LogP) is 3.48. The van der Waals surface area contributed by atoms with E-state index in [1.165, 1.54) is 0 Å². The van der Waals surface area contributed by atoms with E-state index in [0.717, 1.165) is 0 Å². The van der Waals surface area contributed by atoms with E-state index in [9.17, 15) is 31.1 Å². The first kappa shape index (κ1) is 16.9. The van der Waals surface area contributed by atoms with Gasteiger partial charge in [0, 0.05) is 18.5 Å². The van der Waals surface area contributed by atoms with Gasteiger partial charge < -0.3 is 5.32 Å². The first-order valence-corrected chi connectivity index (χ1v) is 5.57. The summed E-state index contributed by atoms with van der Waals surface area (Å²) in [5.41, 5.74) is -3.81. The van der Waals surface area contributed by atoms with Crippen molar-refractivity contribution in [3.63, 3.8) is 0 Å². The molecule has 0 unspecified atom stereocenters. The zero-order valence-electron chi connectivity index (χ0n) is 10.4. The molecule has 0 saturated carbocycles. The number of amides is 1. The lowest BCUT2D eigenvalue weighted by Gasteiger charge is -2.14. The van der Waals surface area contributed by atoms with Crippen LogP contribution in [0.1, 0.15) is 27.9 Å². The molecule has 21 heavy (non-hydrogen) atoms. The monoisotopic (exact) mass is 309 g/mol. The number of nitrogens with one attached hydrogen (secondary N) is 1. The molecular weight excluding hydrogens is 300 g/mol.